The Kier molecular flexibility index (Phi) is 10.9. The van der Waals surface area contributed by atoms with Crippen LogP contribution in [0.15, 0.2) is 30.3 Å². The second kappa shape index (κ2) is 14.5. The van der Waals surface area contributed by atoms with Gasteiger partial charge in [0.2, 0.25) is 11.8 Å². The lowest BCUT2D eigenvalue weighted by Gasteiger charge is -2.39. The summed E-state index contributed by atoms with van der Waals surface area (Å²) < 4.78 is 92.3. The Morgan fingerprint density at radius 2 is 1.71 bits per heavy atom. The van der Waals surface area contributed by atoms with E-state index in [-0.39, 0.29) is 78.9 Å². The molecule has 0 saturated heterocycles. The van der Waals surface area contributed by atoms with Gasteiger partial charge in [-0.25, -0.2) is 14.8 Å². The number of fused-ring (bicyclic) bond motifs is 1. The third-order valence-electron chi connectivity index (χ3n) is 7.75. The standard InChI is InChI=1S/C31H34F6N6O5/c1-4-19-15-22(26-23(9-10-24(41-26)47-3)43(19)29(46)48-5-2)40-28-39-21(20(27(38)42-28)7-6-8-25(44)45)13-16-11-17(30(32,33)34)14-18(12-16)31(35,36)37/h9-12,14,19,22H,4-8,13,15H2,1-3H3,(H,44,45)(H3,38,39,40,42)/t19-,22+/m1/s1. The Hall–Kier alpha value is -4.83. The van der Waals surface area contributed by atoms with E-state index in [0.717, 1.165) is 0 Å². The van der Waals surface area contributed by atoms with Gasteiger partial charge in [0.15, 0.2) is 0 Å². The summed E-state index contributed by atoms with van der Waals surface area (Å²) in [6.07, 6.45) is -10.6. The number of methoxy groups -OCH3 is 1. The highest BCUT2D eigenvalue weighted by molar-refractivity contribution is 5.90. The molecule has 0 unspecified atom stereocenters. The van der Waals surface area contributed by atoms with E-state index in [0.29, 0.717) is 29.9 Å². The average molecular weight is 685 g/mol. The van der Waals surface area contributed by atoms with Gasteiger partial charge in [0.25, 0.3) is 0 Å². The van der Waals surface area contributed by atoms with Gasteiger partial charge in [-0.15, -0.1) is 0 Å². The molecule has 260 valence electrons. The van der Waals surface area contributed by atoms with E-state index in [4.69, 9.17) is 20.3 Å². The van der Waals surface area contributed by atoms with Gasteiger partial charge in [0.1, 0.15) is 5.82 Å². The fraction of sp³-hybridized carbons (Fsp3) is 0.452. The molecule has 0 radical (unpaired) electrons. The van der Waals surface area contributed by atoms with Crippen LogP contribution in [0, 0.1) is 0 Å². The minimum Gasteiger partial charge on any atom is -0.481 e. The number of nitrogen functional groups attached to an aromatic ring is 1. The van der Waals surface area contributed by atoms with Gasteiger partial charge < -0.3 is 25.6 Å². The molecule has 0 bridgehead atoms. The van der Waals surface area contributed by atoms with Crippen molar-refractivity contribution in [1.82, 2.24) is 15.0 Å². The van der Waals surface area contributed by atoms with Crippen LogP contribution in [-0.2, 0) is 34.7 Å². The van der Waals surface area contributed by atoms with E-state index in [2.05, 4.69) is 20.3 Å². The van der Waals surface area contributed by atoms with Crippen LogP contribution >= 0.6 is 0 Å². The van der Waals surface area contributed by atoms with E-state index in [1.807, 2.05) is 6.92 Å². The van der Waals surface area contributed by atoms with Crippen molar-refractivity contribution in [2.75, 3.05) is 29.7 Å². The molecule has 17 heteroatoms. The van der Waals surface area contributed by atoms with E-state index < -0.39 is 48.0 Å². The number of hydrogen-bond acceptors (Lipinski definition) is 9. The summed E-state index contributed by atoms with van der Waals surface area (Å²) in [4.78, 5) is 38.9. The highest BCUT2D eigenvalue weighted by atomic mass is 19.4. The Balaban J connectivity index is 1.80. The molecular formula is C31H34F6N6O5. The maximum atomic E-state index is 13.6. The summed E-state index contributed by atoms with van der Waals surface area (Å²) >= 11 is 0. The zero-order chi connectivity index (χ0) is 35.4. The van der Waals surface area contributed by atoms with Gasteiger partial charge in [0.05, 0.1) is 48.0 Å². The Labute approximate surface area is 271 Å². The Morgan fingerprint density at radius 1 is 1.04 bits per heavy atom. The van der Waals surface area contributed by atoms with E-state index >= 15 is 0 Å². The summed E-state index contributed by atoms with van der Waals surface area (Å²) in [5.41, 5.74) is 3.96. The van der Waals surface area contributed by atoms with Gasteiger partial charge >= 0.3 is 24.4 Å². The van der Waals surface area contributed by atoms with Gasteiger partial charge in [0, 0.05) is 30.5 Å². The van der Waals surface area contributed by atoms with Gasteiger partial charge in [-0.05, 0) is 62.4 Å². The van der Waals surface area contributed by atoms with Crippen LogP contribution in [0.4, 0.5) is 48.6 Å². The molecule has 1 aliphatic heterocycles. The van der Waals surface area contributed by atoms with Crippen LogP contribution in [-0.4, -0.2) is 51.9 Å². The summed E-state index contributed by atoms with van der Waals surface area (Å²) in [6, 6.07) is 3.43. The van der Waals surface area contributed by atoms with Crippen molar-refractivity contribution in [2.45, 2.75) is 76.8 Å². The van der Waals surface area contributed by atoms with Crippen molar-refractivity contribution in [3.63, 3.8) is 0 Å². The number of aromatic nitrogens is 3. The van der Waals surface area contributed by atoms with Crippen LogP contribution in [0.2, 0.25) is 0 Å². The van der Waals surface area contributed by atoms with E-state index in [9.17, 15) is 35.9 Å². The van der Waals surface area contributed by atoms with Gasteiger partial charge in [-0.1, -0.05) is 6.92 Å². The number of carboxylic acids is 1. The quantitative estimate of drug-likeness (QED) is 0.184. The summed E-state index contributed by atoms with van der Waals surface area (Å²) in [5, 5.41) is 12.2. The summed E-state index contributed by atoms with van der Waals surface area (Å²) in [5.74, 6) is -1.11. The molecule has 0 aliphatic carbocycles. The van der Waals surface area contributed by atoms with Gasteiger partial charge in [-0.2, -0.15) is 31.3 Å². The van der Waals surface area contributed by atoms with Crippen LogP contribution in [0.1, 0.15) is 79.2 Å². The maximum absolute atomic E-state index is 13.6. The number of nitrogens with zero attached hydrogens (tertiary/aromatic N) is 4. The van der Waals surface area contributed by atoms with Crippen molar-refractivity contribution >= 4 is 29.5 Å². The number of hydrogen-bond donors (Lipinski definition) is 3. The van der Waals surface area contributed by atoms with Crippen molar-refractivity contribution in [3.05, 3.63) is 64.0 Å². The Morgan fingerprint density at radius 3 is 2.27 bits per heavy atom. The number of carbonyl (C=O) groups excluding carboxylic acids is 1. The fourth-order valence-electron chi connectivity index (χ4n) is 5.55. The van der Waals surface area contributed by atoms with Crippen LogP contribution in [0.3, 0.4) is 0 Å². The number of amides is 1. The third-order valence-corrected chi connectivity index (χ3v) is 7.75. The number of aliphatic carboxylic acids is 1. The first-order valence-electron chi connectivity index (χ1n) is 15.0. The molecule has 2 atom stereocenters. The molecule has 4 rings (SSSR count). The second-order valence-electron chi connectivity index (χ2n) is 11.0. The molecule has 0 spiro atoms. The van der Waals surface area contributed by atoms with E-state index in [1.165, 1.54) is 12.0 Å². The van der Waals surface area contributed by atoms with Crippen LogP contribution in [0.5, 0.6) is 5.88 Å². The lowest BCUT2D eigenvalue weighted by Crippen LogP contribution is -2.46. The number of pyridine rings is 1. The smallest absolute Gasteiger partial charge is 0.416 e. The highest BCUT2D eigenvalue weighted by Crippen LogP contribution is 2.41. The van der Waals surface area contributed by atoms with Gasteiger partial charge in [-0.3, -0.25) is 9.69 Å². The fourth-order valence-corrected chi connectivity index (χ4v) is 5.55. The normalized spacial score (nSPS) is 16.3. The number of ether oxygens (including phenoxy) is 2. The molecule has 4 N–H and O–H groups in total. The Bertz CT molecular complexity index is 1620. The predicted octanol–water partition coefficient (Wildman–Crippen LogP) is 6.80. The second-order valence-corrected chi connectivity index (χ2v) is 11.0. The number of nitrogens with two attached hydrogens (primary N) is 1. The zero-order valence-corrected chi connectivity index (χ0v) is 26.2. The number of halogens is 6. The zero-order valence-electron chi connectivity index (χ0n) is 26.2. The summed E-state index contributed by atoms with van der Waals surface area (Å²) in [7, 11) is 1.41. The van der Waals surface area contributed by atoms with Crippen LogP contribution in [0.25, 0.3) is 0 Å². The molecule has 3 aromatic rings. The van der Waals surface area contributed by atoms with Crippen molar-refractivity contribution in [2.24, 2.45) is 0 Å². The molecule has 1 aromatic carbocycles. The molecule has 0 saturated carbocycles. The number of rotatable bonds is 11. The first kappa shape index (κ1) is 36.0. The largest absolute Gasteiger partial charge is 0.481 e. The predicted molar refractivity (Wildman–Crippen MR) is 162 cm³/mol. The lowest BCUT2D eigenvalue weighted by atomic mass is 9.93. The molecule has 48 heavy (non-hydrogen) atoms. The van der Waals surface area contributed by atoms with E-state index in [1.54, 1.807) is 19.1 Å². The number of nitrogens with one attached hydrogen (secondary N) is 1. The number of anilines is 3. The first-order chi connectivity index (χ1) is 22.5. The van der Waals surface area contributed by atoms with Crippen molar-refractivity contribution < 1.29 is 50.5 Å². The molecule has 0 fully saturated rings. The molecule has 11 nitrogen and oxygen atoms in total. The number of carboxylic acid groups (broad SMARTS) is 1. The minimum absolute atomic E-state index is 0.00371. The minimum atomic E-state index is -5.06. The molecule has 2 aromatic heterocycles. The molecular weight excluding hydrogens is 650 g/mol. The van der Waals surface area contributed by atoms with Crippen LogP contribution < -0.4 is 20.7 Å². The molecule has 3 heterocycles. The van der Waals surface area contributed by atoms with Crippen molar-refractivity contribution in [1.29, 1.82) is 0 Å². The highest BCUT2D eigenvalue weighted by Gasteiger charge is 2.39. The number of alkyl halides is 6. The average Bonchev–Trinajstić information content (AvgIpc) is 3.00. The topological polar surface area (TPSA) is 153 Å². The first-order valence-corrected chi connectivity index (χ1v) is 15.0. The molecule has 1 amide bonds. The SMILES string of the molecule is CCOC(=O)N1c2ccc(OC)nc2[C@@H](Nc2nc(N)c(CCCC(=O)O)c(Cc3cc(C(F)(F)F)cc(C(F)(F)F)c3)n2)C[C@H]1CC. The van der Waals surface area contributed by atoms with Crippen molar-refractivity contribution in [3.8, 4) is 5.88 Å². The monoisotopic (exact) mass is 684 g/mol. The summed E-state index contributed by atoms with van der Waals surface area (Å²) in [6.45, 7) is 3.68. The lowest BCUT2D eigenvalue weighted by molar-refractivity contribution is -0.143. The number of carbonyl (C=O) groups is 2. The third kappa shape index (κ3) is 8.36. The maximum Gasteiger partial charge on any atom is 0.416 e. The number of benzene rings is 1. The molecule has 1 aliphatic rings.